The van der Waals surface area contributed by atoms with E-state index >= 15 is 0 Å². The van der Waals surface area contributed by atoms with Crippen molar-refractivity contribution >= 4 is 21.6 Å². The van der Waals surface area contributed by atoms with Crippen molar-refractivity contribution in [1.29, 1.82) is 5.26 Å². The van der Waals surface area contributed by atoms with Crippen molar-refractivity contribution in [3.63, 3.8) is 0 Å². The fourth-order valence-corrected chi connectivity index (χ4v) is 1.42. The lowest BCUT2D eigenvalue weighted by Crippen LogP contribution is -2.01. The summed E-state index contributed by atoms with van der Waals surface area (Å²) in [6.07, 6.45) is -2.24. The molecular weight excluding hydrogens is 276 g/mol. The molecule has 1 aromatic rings. The van der Waals surface area contributed by atoms with Crippen molar-refractivity contribution in [2.24, 2.45) is 0 Å². The lowest BCUT2D eigenvalue weighted by atomic mass is 10.1. The minimum atomic E-state index is -3.00. The van der Waals surface area contributed by atoms with Gasteiger partial charge in [-0.1, -0.05) is 0 Å². The molecule has 0 bridgehead atoms. The van der Waals surface area contributed by atoms with Crippen LogP contribution >= 0.6 is 15.9 Å². The van der Waals surface area contributed by atoms with Gasteiger partial charge < -0.3 is 0 Å². The van der Waals surface area contributed by atoms with Crippen LogP contribution in [0.3, 0.4) is 0 Å². The van der Waals surface area contributed by atoms with Gasteiger partial charge in [0.2, 0.25) is 0 Å². The highest BCUT2D eigenvalue weighted by Gasteiger charge is 2.26. The van der Waals surface area contributed by atoms with E-state index in [4.69, 9.17) is 5.26 Å². The topological polar surface area (TPSA) is 79.8 Å². The van der Waals surface area contributed by atoms with Crippen LogP contribution < -0.4 is 0 Å². The highest BCUT2D eigenvalue weighted by Crippen LogP contribution is 2.33. The van der Waals surface area contributed by atoms with Gasteiger partial charge in [0.05, 0.1) is 10.5 Å². The molecular formula is C7H2BrF2N3O2. The average Bonchev–Trinajstić information content (AvgIpc) is 2.15. The van der Waals surface area contributed by atoms with Gasteiger partial charge in [0.25, 0.3) is 6.43 Å². The van der Waals surface area contributed by atoms with Crippen molar-refractivity contribution in [3.05, 3.63) is 32.0 Å². The molecule has 0 unspecified atom stereocenters. The quantitative estimate of drug-likeness (QED) is 0.473. The van der Waals surface area contributed by atoms with E-state index in [2.05, 4.69) is 20.9 Å². The van der Waals surface area contributed by atoms with Gasteiger partial charge in [-0.3, -0.25) is 10.1 Å². The summed E-state index contributed by atoms with van der Waals surface area (Å²) in [5, 5.41) is 19.0. The summed E-state index contributed by atoms with van der Waals surface area (Å²) in [6.45, 7) is 0. The van der Waals surface area contributed by atoms with Gasteiger partial charge in [0.1, 0.15) is 22.4 Å². The van der Waals surface area contributed by atoms with Crippen molar-refractivity contribution in [3.8, 4) is 6.07 Å². The maximum absolute atomic E-state index is 12.5. The number of nitriles is 1. The van der Waals surface area contributed by atoms with Crippen LogP contribution in [0.5, 0.6) is 0 Å². The van der Waals surface area contributed by atoms with E-state index in [1.54, 1.807) is 0 Å². The van der Waals surface area contributed by atoms with E-state index < -0.39 is 28.2 Å². The van der Waals surface area contributed by atoms with Crippen LogP contribution in [0, 0.1) is 21.4 Å². The zero-order chi connectivity index (χ0) is 11.6. The second-order valence-electron chi connectivity index (χ2n) is 2.39. The minimum absolute atomic E-state index is 0.264. The first-order valence-electron chi connectivity index (χ1n) is 3.50. The summed E-state index contributed by atoms with van der Waals surface area (Å²) < 4.78 is 24.7. The molecule has 0 amide bonds. The molecule has 0 aliphatic carbocycles. The van der Waals surface area contributed by atoms with Crippen molar-refractivity contribution in [2.75, 3.05) is 0 Å². The first kappa shape index (κ1) is 11.5. The third-order valence-corrected chi connectivity index (χ3v) is 2.21. The van der Waals surface area contributed by atoms with E-state index in [1.807, 2.05) is 0 Å². The normalized spacial score (nSPS) is 10.1. The third kappa shape index (κ3) is 2.07. The van der Waals surface area contributed by atoms with Gasteiger partial charge in [-0.05, 0) is 15.9 Å². The average molecular weight is 278 g/mol. The number of pyridine rings is 1. The largest absolute Gasteiger partial charge is 0.305 e. The Labute approximate surface area is 90.6 Å². The summed E-state index contributed by atoms with van der Waals surface area (Å²) >= 11 is 2.71. The molecule has 0 atom stereocenters. The van der Waals surface area contributed by atoms with E-state index in [-0.39, 0.29) is 4.60 Å². The predicted molar refractivity (Wildman–Crippen MR) is 48.3 cm³/mol. The SMILES string of the molecule is N#Cc1c([N+](=O)[O-])cnc(Br)c1C(F)F. The molecule has 0 N–H and O–H groups in total. The number of hydrogen-bond donors (Lipinski definition) is 0. The Morgan fingerprint density at radius 2 is 2.27 bits per heavy atom. The molecule has 0 fully saturated rings. The van der Waals surface area contributed by atoms with Crippen molar-refractivity contribution in [2.45, 2.75) is 6.43 Å². The molecule has 0 aliphatic heterocycles. The van der Waals surface area contributed by atoms with Gasteiger partial charge in [-0.2, -0.15) is 5.26 Å². The summed E-state index contributed by atoms with van der Waals surface area (Å²) in [5.41, 5.74) is -2.15. The van der Waals surface area contributed by atoms with E-state index in [0.717, 1.165) is 6.20 Å². The van der Waals surface area contributed by atoms with E-state index in [9.17, 15) is 18.9 Å². The van der Waals surface area contributed by atoms with Crippen LogP contribution in [0.1, 0.15) is 17.6 Å². The Hall–Kier alpha value is -1.62. The number of nitrogens with zero attached hydrogens (tertiary/aromatic N) is 3. The van der Waals surface area contributed by atoms with Crippen molar-refractivity contribution in [1.82, 2.24) is 4.98 Å². The van der Waals surface area contributed by atoms with Crippen LogP contribution in [0.4, 0.5) is 14.5 Å². The summed E-state index contributed by atoms with van der Waals surface area (Å²) in [4.78, 5) is 12.9. The Balaban J connectivity index is 3.56. The Morgan fingerprint density at radius 3 is 2.67 bits per heavy atom. The number of halogens is 3. The Morgan fingerprint density at radius 1 is 1.67 bits per heavy atom. The number of aromatic nitrogens is 1. The zero-order valence-corrected chi connectivity index (χ0v) is 8.53. The monoisotopic (exact) mass is 277 g/mol. The summed E-state index contributed by atoms with van der Waals surface area (Å²) in [7, 11) is 0. The first-order chi connectivity index (χ1) is 6.99. The van der Waals surface area contributed by atoms with E-state index in [0.29, 0.717) is 0 Å². The van der Waals surface area contributed by atoms with E-state index in [1.165, 1.54) is 6.07 Å². The Kier molecular flexibility index (Phi) is 3.26. The van der Waals surface area contributed by atoms with Crippen LogP contribution in [0.25, 0.3) is 0 Å². The molecule has 78 valence electrons. The zero-order valence-electron chi connectivity index (χ0n) is 6.95. The van der Waals surface area contributed by atoms with Gasteiger partial charge in [-0.15, -0.1) is 0 Å². The third-order valence-electron chi connectivity index (χ3n) is 1.57. The van der Waals surface area contributed by atoms with Crippen LogP contribution in [-0.2, 0) is 0 Å². The lowest BCUT2D eigenvalue weighted by Gasteiger charge is -2.04. The minimum Gasteiger partial charge on any atom is -0.258 e. The molecule has 0 aliphatic rings. The van der Waals surface area contributed by atoms with Crippen molar-refractivity contribution < 1.29 is 13.7 Å². The standard InChI is InChI=1S/C7H2BrF2N3O2/c8-6-5(7(9)10)3(1-11)4(2-12-6)13(14)15/h2,7H. The fourth-order valence-electron chi connectivity index (χ4n) is 0.948. The second kappa shape index (κ2) is 4.27. The molecule has 8 heteroatoms. The van der Waals surface area contributed by atoms with Gasteiger partial charge in [0.15, 0.2) is 0 Å². The maximum atomic E-state index is 12.5. The second-order valence-corrected chi connectivity index (χ2v) is 3.14. The molecule has 0 spiro atoms. The molecule has 1 rings (SSSR count). The molecule has 5 nitrogen and oxygen atoms in total. The highest BCUT2D eigenvalue weighted by atomic mass is 79.9. The lowest BCUT2D eigenvalue weighted by molar-refractivity contribution is -0.385. The molecule has 1 aromatic heterocycles. The number of hydrogen-bond acceptors (Lipinski definition) is 4. The summed E-state index contributed by atoms with van der Waals surface area (Å²) in [6, 6.07) is 1.38. The maximum Gasteiger partial charge on any atom is 0.305 e. The van der Waals surface area contributed by atoms with Gasteiger partial charge in [-0.25, -0.2) is 13.8 Å². The predicted octanol–water partition coefficient (Wildman–Crippen LogP) is 2.56. The number of nitro groups is 1. The van der Waals surface area contributed by atoms with Crippen LogP contribution in [-0.4, -0.2) is 9.91 Å². The first-order valence-corrected chi connectivity index (χ1v) is 4.29. The molecule has 0 saturated carbocycles. The number of alkyl halides is 2. The number of rotatable bonds is 2. The molecule has 0 saturated heterocycles. The van der Waals surface area contributed by atoms with Gasteiger partial charge in [0, 0.05) is 0 Å². The Bertz CT molecular complexity index is 458. The molecule has 15 heavy (non-hydrogen) atoms. The fraction of sp³-hybridized carbons (Fsp3) is 0.143. The summed E-state index contributed by atoms with van der Waals surface area (Å²) in [5.74, 6) is 0. The highest BCUT2D eigenvalue weighted by molar-refractivity contribution is 9.10. The molecule has 1 heterocycles. The molecule has 0 aromatic carbocycles. The van der Waals surface area contributed by atoms with Gasteiger partial charge >= 0.3 is 5.69 Å². The smallest absolute Gasteiger partial charge is 0.258 e. The van der Waals surface area contributed by atoms with Crippen LogP contribution in [0.15, 0.2) is 10.8 Å². The molecule has 0 radical (unpaired) electrons. The van der Waals surface area contributed by atoms with Crippen LogP contribution in [0.2, 0.25) is 0 Å².